The van der Waals surface area contributed by atoms with Crippen molar-refractivity contribution in [2.24, 2.45) is 0 Å². The van der Waals surface area contributed by atoms with Crippen LogP contribution in [0.1, 0.15) is 41.9 Å². The molecule has 5 heterocycles. The molecule has 8 nitrogen and oxygen atoms in total. The predicted molar refractivity (Wildman–Crippen MR) is 113 cm³/mol. The Hall–Kier alpha value is -3.49. The Morgan fingerprint density at radius 2 is 1.94 bits per heavy atom. The Bertz CT molecular complexity index is 1290. The highest BCUT2D eigenvalue weighted by molar-refractivity contribution is 6.00. The molecule has 0 saturated carbocycles. The summed E-state index contributed by atoms with van der Waals surface area (Å²) in [7, 11) is 1.51. The van der Waals surface area contributed by atoms with Crippen LogP contribution in [0.2, 0.25) is 0 Å². The molecule has 0 bridgehead atoms. The number of hydrogen-bond acceptors (Lipinski definition) is 5. The summed E-state index contributed by atoms with van der Waals surface area (Å²) in [6, 6.07) is 4.70. The van der Waals surface area contributed by atoms with Gasteiger partial charge in [-0.15, -0.1) is 5.10 Å². The van der Waals surface area contributed by atoms with Crippen molar-refractivity contribution >= 4 is 22.5 Å². The fraction of sp³-hybridized carbons (Fsp3) is 0.364. The summed E-state index contributed by atoms with van der Waals surface area (Å²) < 4.78 is 15.5. The summed E-state index contributed by atoms with van der Waals surface area (Å²) in [5.41, 5.74) is 3.45. The molecule has 0 radical (unpaired) electrons. The summed E-state index contributed by atoms with van der Waals surface area (Å²) in [6.07, 6.45) is 7.33. The number of carbonyl (C=O) groups is 1. The lowest BCUT2D eigenvalue weighted by Gasteiger charge is -2.20. The highest BCUT2D eigenvalue weighted by atomic mass is 19.1. The van der Waals surface area contributed by atoms with Crippen molar-refractivity contribution in [2.75, 3.05) is 20.2 Å². The molecule has 1 amide bonds. The van der Waals surface area contributed by atoms with Gasteiger partial charge in [0.1, 0.15) is 35.5 Å². The number of imidazole rings is 1. The molecule has 9 heteroatoms. The average molecular weight is 422 g/mol. The van der Waals surface area contributed by atoms with Gasteiger partial charge >= 0.3 is 0 Å². The van der Waals surface area contributed by atoms with E-state index in [9.17, 15) is 9.18 Å². The molecule has 0 N–H and O–H groups in total. The second-order valence-electron chi connectivity index (χ2n) is 7.82. The number of amides is 1. The molecule has 4 aromatic rings. The van der Waals surface area contributed by atoms with Crippen LogP contribution in [-0.2, 0) is 0 Å². The predicted octanol–water partition coefficient (Wildman–Crippen LogP) is 3.27. The number of likely N-dealkylation sites (tertiary alicyclic amines) is 1. The second-order valence-corrected chi connectivity index (χ2v) is 7.82. The van der Waals surface area contributed by atoms with Gasteiger partial charge in [0, 0.05) is 19.3 Å². The normalized spacial score (nSPS) is 14.9. The van der Waals surface area contributed by atoms with Crippen LogP contribution in [0.5, 0.6) is 0 Å². The van der Waals surface area contributed by atoms with Gasteiger partial charge in [0.05, 0.1) is 23.0 Å². The molecule has 0 spiro atoms. The second kappa shape index (κ2) is 7.64. The number of pyridine rings is 2. The van der Waals surface area contributed by atoms with Gasteiger partial charge in [-0.25, -0.2) is 14.4 Å². The van der Waals surface area contributed by atoms with Crippen molar-refractivity contribution in [2.45, 2.75) is 32.6 Å². The van der Waals surface area contributed by atoms with Crippen molar-refractivity contribution < 1.29 is 14.0 Å². The van der Waals surface area contributed by atoms with E-state index in [2.05, 4.69) is 15.1 Å². The number of halogens is 1. The van der Waals surface area contributed by atoms with Gasteiger partial charge in [0.25, 0.3) is 5.91 Å². The number of fused-ring (bicyclic) bond motifs is 2. The summed E-state index contributed by atoms with van der Waals surface area (Å²) in [5.74, 6) is -0.448. The molecule has 4 aromatic heterocycles. The first-order chi connectivity index (χ1) is 15.1. The summed E-state index contributed by atoms with van der Waals surface area (Å²) in [5, 5.41) is 5.30. The fourth-order valence-corrected chi connectivity index (χ4v) is 4.29. The topological polar surface area (TPSA) is 77.5 Å². The van der Waals surface area contributed by atoms with E-state index in [1.54, 1.807) is 22.7 Å². The first-order valence-corrected chi connectivity index (χ1v) is 10.4. The van der Waals surface area contributed by atoms with E-state index >= 15 is 0 Å². The molecular formula is C22H23FN6O2. The van der Waals surface area contributed by atoms with Gasteiger partial charge in [0.2, 0.25) is 0 Å². The maximum absolute atomic E-state index is 13.9. The molecule has 1 fully saturated rings. The van der Waals surface area contributed by atoms with Crippen LogP contribution in [-0.4, -0.2) is 55.3 Å². The third kappa shape index (κ3) is 3.30. The summed E-state index contributed by atoms with van der Waals surface area (Å²) in [6.45, 7) is 3.34. The summed E-state index contributed by atoms with van der Waals surface area (Å²) >= 11 is 0. The molecule has 5 rings (SSSR count). The van der Waals surface area contributed by atoms with Crippen LogP contribution in [0.25, 0.3) is 27.9 Å². The lowest BCUT2D eigenvalue weighted by Crippen LogP contribution is -2.32. The molecule has 0 aliphatic carbocycles. The van der Waals surface area contributed by atoms with Crippen molar-refractivity contribution in [3.05, 3.63) is 47.8 Å². The third-order valence-corrected chi connectivity index (χ3v) is 5.81. The molecule has 31 heavy (non-hydrogen) atoms. The highest BCUT2D eigenvalue weighted by Crippen LogP contribution is 2.31. The molecular weight excluding hydrogens is 399 g/mol. The molecule has 1 aliphatic rings. The molecule has 0 atom stereocenters. The van der Waals surface area contributed by atoms with Crippen LogP contribution >= 0.6 is 0 Å². The van der Waals surface area contributed by atoms with E-state index in [1.165, 1.54) is 24.2 Å². The van der Waals surface area contributed by atoms with Gasteiger partial charge in [-0.05, 0) is 38.0 Å². The molecule has 0 unspecified atom stereocenters. The van der Waals surface area contributed by atoms with Crippen molar-refractivity contribution in [3.8, 4) is 11.4 Å². The van der Waals surface area contributed by atoms with Crippen molar-refractivity contribution in [1.82, 2.24) is 29.2 Å². The van der Waals surface area contributed by atoms with Crippen LogP contribution < -0.4 is 4.84 Å². The molecule has 160 valence electrons. The highest BCUT2D eigenvalue weighted by Gasteiger charge is 2.24. The number of aromatic nitrogens is 5. The zero-order valence-electron chi connectivity index (χ0n) is 17.5. The Morgan fingerprint density at radius 3 is 2.68 bits per heavy atom. The summed E-state index contributed by atoms with van der Waals surface area (Å²) in [4.78, 5) is 30.8. The maximum Gasteiger partial charge on any atom is 0.272 e. The first kappa shape index (κ1) is 19.5. The van der Waals surface area contributed by atoms with Crippen LogP contribution in [0.4, 0.5) is 4.39 Å². The molecule has 0 aromatic carbocycles. The van der Waals surface area contributed by atoms with E-state index in [0.717, 1.165) is 44.2 Å². The van der Waals surface area contributed by atoms with Crippen molar-refractivity contribution in [3.63, 3.8) is 0 Å². The number of nitrogens with zero attached hydrogens (tertiary/aromatic N) is 6. The quantitative estimate of drug-likeness (QED) is 0.506. The van der Waals surface area contributed by atoms with E-state index in [4.69, 9.17) is 4.84 Å². The SMILES string of the molecule is COn1nc(-c2cnc3ccc(F)cn23)c2c(C)nc(C(=O)N3CCCCCC3)cc21. The largest absolute Gasteiger partial charge is 0.399 e. The molecule has 1 aliphatic heterocycles. The number of rotatable bonds is 3. The average Bonchev–Trinajstić information content (AvgIpc) is 3.23. The Morgan fingerprint density at radius 1 is 1.16 bits per heavy atom. The minimum Gasteiger partial charge on any atom is -0.399 e. The standard InChI is InChI=1S/C22H23FN6O2/c1-14-20-17(11-16(25-14)22(30)27-9-5-3-4-6-10-27)29(31-2)26-21(20)18-12-24-19-8-7-15(23)13-28(18)19/h7-8,11-13H,3-6,9-10H2,1-2H3. The Kier molecular flexibility index (Phi) is 4.80. The third-order valence-electron chi connectivity index (χ3n) is 5.81. The fourth-order valence-electron chi connectivity index (χ4n) is 4.29. The van der Waals surface area contributed by atoms with Crippen LogP contribution in [0.15, 0.2) is 30.6 Å². The van der Waals surface area contributed by atoms with Gasteiger partial charge < -0.3 is 9.74 Å². The Balaban J connectivity index is 1.65. The van der Waals surface area contributed by atoms with Crippen LogP contribution in [0.3, 0.4) is 0 Å². The first-order valence-electron chi connectivity index (χ1n) is 10.4. The van der Waals surface area contributed by atoms with Gasteiger partial charge in [-0.2, -0.15) is 0 Å². The van der Waals surface area contributed by atoms with E-state index in [-0.39, 0.29) is 11.7 Å². The van der Waals surface area contributed by atoms with Gasteiger partial charge in [0.15, 0.2) is 0 Å². The van der Waals surface area contributed by atoms with E-state index in [1.807, 2.05) is 11.8 Å². The van der Waals surface area contributed by atoms with Gasteiger partial charge in [-0.3, -0.25) is 9.20 Å². The zero-order chi connectivity index (χ0) is 21.5. The lowest BCUT2D eigenvalue weighted by atomic mass is 10.1. The van der Waals surface area contributed by atoms with E-state index < -0.39 is 0 Å². The minimum atomic E-state index is -0.373. The lowest BCUT2D eigenvalue weighted by molar-refractivity contribution is 0.0755. The Labute approximate surface area is 178 Å². The number of hydrogen-bond donors (Lipinski definition) is 0. The van der Waals surface area contributed by atoms with Crippen LogP contribution in [0, 0.1) is 12.7 Å². The van der Waals surface area contributed by atoms with Gasteiger partial charge in [-0.1, -0.05) is 17.7 Å². The van der Waals surface area contributed by atoms with Crippen molar-refractivity contribution in [1.29, 1.82) is 0 Å². The number of aryl methyl sites for hydroxylation is 1. The molecule has 1 saturated heterocycles. The smallest absolute Gasteiger partial charge is 0.272 e. The van der Waals surface area contributed by atoms with E-state index in [0.29, 0.717) is 33.9 Å². The maximum atomic E-state index is 13.9. The zero-order valence-corrected chi connectivity index (χ0v) is 17.5. The number of carbonyl (C=O) groups excluding carboxylic acids is 1. The minimum absolute atomic E-state index is 0.0748. The monoisotopic (exact) mass is 422 g/mol.